The molecule has 0 unspecified atom stereocenters. The number of rotatable bonds is 6. The molecule has 5 nitrogen and oxygen atoms in total. The van der Waals surface area contributed by atoms with Gasteiger partial charge in [-0.15, -0.1) is 0 Å². The van der Waals surface area contributed by atoms with E-state index in [0.717, 1.165) is 17.0 Å². The van der Waals surface area contributed by atoms with Crippen LogP contribution in [0.3, 0.4) is 0 Å². The number of halogens is 1. The van der Waals surface area contributed by atoms with Gasteiger partial charge in [0, 0.05) is 16.3 Å². The van der Waals surface area contributed by atoms with Gasteiger partial charge in [0.05, 0.1) is 19.4 Å². The number of carbonyl (C=O) groups excluding carboxylic acids is 1. The number of amides is 1. The van der Waals surface area contributed by atoms with Crippen LogP contribution in [0.2, 0.25) is 5.02 Å². The number of benzene rings is 2. The van der Waals surface area contributed by atoms with E-state index in [1.165, 1.54) is 0 Å². The first-order chi connectivity index (χ1) is 11.1. The lowest BCUT2D eigenvalue weighted by atomic mass is 10.1. The van der Waals surface area contributed by atoms with E-state index < -0.39 is 0 Å². The van der Waals surface area contributed by atoms with E-state index in [9.17, 15) is 4.79 Å². The van der Waals surface area contributed by atoms with Crippen LogP contribution in [0, 0.1) is 0 Å². The van der Waals surface area contributed by atoms with Crippen molar-refractivity contribution in [2.75, 3.05) is 19.0 Å². The predicted octanol–water partition coefficient (Wildman–Crippen LogP) is 3.30. The van der Waals surface area contributed by atoms with E-state index in [-0.39, 0.29) is 12.5 Å². The fraction of sp³-hybridized carbons (Fsp3) is 0.176. The monoisotopic (exact) mass is 331 g/mol. The molecule has 2 aromatic rings. The highest BCUT2D eigenvalue weighted by Gasteiger charge is 2.04. The summed E-state index contributed by atoms with van der Waals surface area (Å²) in [5.41, 5.74) is 4.77. The molecule has 0 saturated heterocycles. The van der Waals surface area contributed by atoms with Gasteiger partial charge in [0.25, 0.3) is 5.91 Å². The Bertz CT molecular complexity index is 699. The molecular formula is C17H18ClN3O2. The average Bonchev–Trinajstić information content (AvgIpc) is 2.58. The van der Waals surface area contributed by atoms with Crippen LogP contribution >= 0.6 is 11.6 Å². The van der Waals surface area contributed by atoms with E-state index in [2.05, 4.69) is 15.8 Å². The second-order valence-electron chi connectivity index (χ2n) is 4.79. The van der Waals surface area contributed by atoms with Gasteiger partial charge < -0.3 is 10.1 Å². The minimum absolute atomic E-state index is 0.117. The number of nitrogens with one attached hydrogen (secondary N) is 2. The van der Waals surface area contributed by atoms with Crippen LogP contribution < -0.4 is 15.5 Å². The summed E-state index contributed by atoms with van der Waals surface area (Å²) in [4.78, 5) is 11.8. The van der Waals surface area contributed by atoms with Crippen molar-refractivity contribution in [3.05, 3.63) is 59.1 Å². The molecule has 2 rings (SSSR count). The van der Waals surface area contributed by atoms with Crippen molar-refractivity contribution in [2.24, 2.45) is 5.10 Å². The first-order valence-electron chi connectivity index (χ1n) is 7.06. The topological polar surface area (TPSA) is 62.7 Å². The summed E-state index contributed by atoms with van der Waals surface area (Å²) in [6, 6.07) is 14.7. The van der Waals surface area contributed by atoms with Gasteiger partial charge in [0.2, 0.25) is 0 Å². The molecule has 0 bridgehead atoms. The Kier molecular flexibility index (Phi) is 6.00. The first kappa shape index (κ1) is 16.8. The van der Waals surface area contributed by atoms with Crippen molar-refractivity contribution in [3.8, 4) is 5.75 Å². The van der Waals surface area contributed by atoms with Crippen molar-refractivity contribution in [2.45, 2.75) is 6.92 Å². The van der Waals surface area contributed by atoms with Gasteiger partial charge in [-0.2, -0.15) is 5.10 Å². The minimum Gasteiger partial charge on any atom is -0.497 e. The largest absolute Gasteiger partial charge is 0.497 e. The quantitative estimate of drug-likeness (QED) is 0.630. The molecular weight excluding hydrogens is 314 g/mol. The number of nitrogens with zero attached hydrogens (tertiary/aromatic N) is 1. The number of carbonyl (C=O) groups is 1. The summed E-state index contributed by atoms with van der Waals surface area (Å²) in [5, 5.41) is 7.67. The predicted molar refractivity (Wildman–Crippen MR) is 93.3 cm³/mol. The Morgan fingerprint density at radius 2 is 1.87 bits per heavy atom. The lowest BCUT2D eigenvalue weighted by molar-refractivity contribution is -0.119. The summed E-state index contributed by atoms with van der Waals surface area (Å²) in [6.45, 7) is 1.91. The summed E-state index contributed by atoms with van der Waals surface area (Å²) >= 11 is 6.08. The lowest BCUT2D eigenvalue weighted by Crippen LogP contribution is -2.26. The number of ether oxygens (including phenoxy) is 1. The third kappa shape index (κ3) is 5.00. The van der Waals surface area contributed by atoms with Crippen molar-refractivity contribution < 1.29 is 9.53 Å². The fourth-order valence-corrected chi connectivity index (χ4v) is 2.16. The molecule has 0 aliphatic rings. The highest BCUT2D eigenvalue weighted by atomic mass is 35.5. The van der Waals surface area contributed by atoms with Crippen molar-refractivity contribution in [1.29, 1.82) is 0 Å². The summed E-state index contributed by atoms with van der Waals surface area (Å²) in [5.74, 6) is 0.521. The SMILES string of the molecule is COc1ccc(NCC(=O)N/N=C(/C)c2ccccc2Cl)cc1. The van der Waals surface area contributed by atoms with Crippen molar-refractivity contribution in [1.82, 2.24) is 5.43 Å². The Labute approximate surface area is 140 Å². The van der Waals surface area contributed by atoms with Crippen LogP contribution in [0.25, 0.3) is 0 Å². The average molecular weight is 332 g/mol. The van der Waals surface area contributed by atoms with Crippen LogP contribution in [0.4, 0.5) is 5.69 Å². The molecule has 0 fully saturated rings. The Hall–Kier alpha value is -2.53. The second kappa shape index (κ2) is 8.19. The second-order valence-corrected chi connectivity index (χ2v) is 5.20. The summed E-state index contributed by atoms with van der Waals surface area (Å²) in [7, 11) is 1.61. The lowest BCUT2D eigenvalue weighted by Gasteiger charge is -2.07. The third-order valence-corrected chi connectivity index (χ3v) is 3.48. The zero-order valence-electron chi connectivity index (χ0n) is 13.0. The molecule has 0 atom stereocenters. The highest BCUT2D eigenvalue weighted by Crippen LogP contribution is 2.16. The minimum atomic E-state index is -0.243. The van der Waals surface area contributed by atoms with Gasteiger partial charge in [-0.25, -0.2) is 5.43 Å². The van der Waals surface area contributed by atoms with E-state index in [0.29, 0.717) is 10.7 Å². The van der Waals surface area contributed by atoms with Crippen LogP contribution in [0.15, 0.2) is 53.6 Å². The molecule has 0 aliphatic carbocycles. The molecule has 2 aromatic carbocycles. The molecule has 0 radical (unpaired) electrons. The number of anilines is 1. The zero-order chi connectivity index (χ0) is 16.7. The molecule has 6 heteroatoms. The van der Waals surface area contributed by atoms with E-state index >= 15 is 0 Å². The number of hydrogen-bond acceptors (Lipinski definition) is 4. The van der Waals surface area contributed by atoms with Gasteiger partial charge in [-0.1, -0.05) is 29.8 Å². The molecule has 120 valence electrons. The molecule has 0 spiro atoms. The Balaban J connectivity index is 1.87. The fourth-order valence-electron chi connectivity index (χ4n) is 1.89. The van der Waals surface area contributed by atoms with Gasteiger partial charge in [-0.3, -0.25) is 4.79 Å². The van der Waals surface area contributed by atoms with Gasteiger partial charge in [0.15, 0.2) is 0 Å². The smallest absolute Gasteiger partial charge is 0.259 e. The van der Waals surface area contributed by atoms with Gasteiger partial charge >= 0.3 is 0 Å². The molecule has 1 amide bonds. The van der Waals surface area contributed by atoms with Crippen LogP contribution in [-0.2, 0) is 4.79 Å². The van der Waals surface area contributed by atoms with Crippen molar-refractivity contribution in [3.63, 3.8) is 0 Å². The first-order valence-corrected chi connectivity index (χ1v) is 7.44. The van der Waals surface area contributed by atoms with Crippen LogP contribution in [0.5, 0.6) is 5.75 Å². The number of hydrogen-bond donors (Lipinski definition) is 2. The molecule has 23 heavy (non-hydrogen) atoms. The number of hydrazone groups is 1. The maximum atomic E-state index is 11.8. The Morgan fingerprint density at radius 1 is 1.17 bits per heavy atom. The van der Waals surface area contributed by atoms with Gasteiger partial charge in [0.1, 0.15) is 5.75 Å². The normalized spacial score (nSPS) is 11.0. The molecule has 0 aromatic heterocycles. The van der Waals surface area contributed by atoms with E-state index in [1.54, 1.807) is 20.1 Å². The highest BCUT2D eigenvalue weighted by molar-refractivity contribution is 6.34. The summed E-state index contributed by atoms with van der Waals surface area (Å²) < 4.78 is 5.08. The van der Waals surface area contributed by atoms with E-state index in [1.807, 2.05) is 42.5 Å². The maximum Gasteiger partial charge on any atom is 0.259 e. The van der Waals surface area contributed by atoms with Gasteiger partial charge in [-0.05, 0) is 37.3 Å². The summed E-state index contributed by atoms with van der Waals surface area (Å²) in [6.07, 6.45) is 0. The molecule has 0 heterocycles. The third-order valence-electron chi connectivity index (χ3n) is 3.16. The van der Waals surface area contributed by atoms with E-state index in [4.69, 9.17) is 16.3 Å². The molecule has 0 aliphatic heterocycles. The zero-order valence-corrected chi connectivity index (χ0v) is 13.7. The van der Waals surface area contributed by atoms with Crippen LogP contribution in [0.1, 0.15) is 12.5 Å². The standard InChI is InChI=1S/C17H18ClN3O2/c1-12(15-5-3-4-6-16(15)18)20-21-17(22)11-19-13-7-9-14(23-2)10-8-13/h3-10,19H,11H2,1-2H3,(H,21,22)/b20-12-. The molecule has 2 N–H and O–H groups in total. The molecule has 0 saturated carbocycles. The number of methoxy groups -OCH3 is 1. The van der Waals surface area contributed by atoms with Crippen molar-refractivity contribution >= 4 is 28.9 Å². The maximum absolute atomic E-state index is 11.8. The Morgan fingerprint density at radius 3 is 2.52 bits per heavy atom. The van der Waals surface area contributed by atoms with Crippen LogP contribution in [-0.4, -0.2) is 25.3 Å².